The van der Waals surface area contributed by atoms with Crippen LogP contribution in [0.5, 0.6) is 5.75 Å². The van der Waals surface area contributed by atoms with Gasteiger partial charge in [-0.3, -0.25) is 5.32 Å². The minimum Gasteiger partial charge on any atom is -0.506 e. The molecule has 0 heterocycles. The van der Waals surface area contributed by atoms with E-state index < -0.39 is 17.8 Å². The molecule has 0 unspecified atom stereocenters. The van der Waals surface area contributed by atoms with Crippen molar-refractivity contribution in [2.75, 3.05) is 11.9 Å². The number of carbonyl (C=O) groups is 1. The van der Waals surface area contributed by atoms with Crippen LogP contribution in [0.15, 0.2) is 18.2 Å². The van der Waals surface area contributed by atoms with Crippen LogP contribution in [0.2, 0.25) is 0 Å². The monoisotopic (exact) mass is 268 g/mol. The van der Waals surface area contributed by atoms with Gasteiger partial charge in [0.25, 0.3) is 0 Å². The highest BCUT2D eigenvalue weighted by atomic mass is 16.6. The summed E-state index contributed by atoms with van der Waals surface area (Å²) in [6, 6.07) is 4.40. The Kier molecular flexibility index (Phi) is 4.74. The number of hydrogen-bond acceptors (Lipinski definition) is 5. The Morgan fingerprint density at radius 1 is 1.47 bits per heavy atom. The van der Waals surface area contributed by atoms with Gasteiger partial charge in [-0.1, -0.05) is 6.07 Å². The molecule has 1 rings (SSSR count). The second-order valence-corrected chi connectivity index (χ2v) is 5.15. The maximum atomic E-state index is 11.5. The number of aromatic hydroxyl groups is 1. The van der Waals surface area contributed by atoms with E-state index in [1.54, 1.807) is 26.8 Å². The van der Waals surface area contributed by atoms with Crippen molar-refractivity contribution in [1.29, 1.82) is 0 Å². The van der Waals surface area contributed by atoms with E-state index in [9.17, 15) is 15.0 Å². The minimum absolute atomic E-state index is 0.0539. The Bertz CT molecular complexity index is 454. The quantitative estimate of drug-likeness (QED) is 0.625. The molecule has 0 fully saturated rings. The second kappa shape index (κ2) is 5.90. The van der Waals surface area contributed by atoms with Gasteiger partial charge >= 0.3 is 6.09 Å². The Morgan fingerprint density at radius 2 is 2.11 bits per heavy atom. The maximum absolute atomic E-state index is 11.5. The van der Waals surface area contributed by atoms with Gasteiger partial charge in [0.1, 0.15) is 11.4 Å². The van der Waals surface area contributed by atoms with Gasteiger partial charge in [-0.05, 0) is 38.5 Å². The number of nitrogens with two attached hydrogens (primary N) is 1. The number of nitrogens with one attached hydrogen (secondary N) is 1. The van der Waals surface area contributed by atoms with Gasteiger partial charge in [-0.15, -0.1) is 0 Å². The number of amides is 1. The van der Waals surface area contributed by atoms with Crippen LogP contribution in [-0.2, 0) is 4.74 Å². The predicted molar refractivity (Wildman–Crippen MR) is 72.0 cm³/mol. The van der Waals surface area contributed by atoms with Gasteiger partial charge in [0, 0.05) is 6.54 Å². The van der Waals surface area contributed by atoms with Crippen molar-refractivity contribution in [2.24, 2.45) is 5.73 Å². The molecule has 1 aromatic carbocycles. The predicted octanol–water partition coefficient (Wildman–Crippen LogP) is 1.73. The van der Waals surface area contributed by atoms with Crippen molar-refractivity contribution >= 4 is 11.8 Å². The molecule has 19 heavy (non-hydrogen) atoms. The van der Waals surface area contributed by atoms with Gasteiger partial charge in [-0.2, -0.15) is 0 Å². The molecule has 1 amide bonds. The summed E-state index contributed by atoms with van der Waals surface area (Å²) in [5.74, 6) is -0.157. The van der Waals surface area contributed by atoms with Crippen LogP contribution in [0.1, 0.15) is 32.4 Å². The van der Waals surface area contributed by atoms with Crippen molar-refractivity contribution in [3.05, 3.63) is 23.8 Å². The smallest absolute Gasteiger partial charge is 0.412 e. The molecule has 0 aliphatic heterocycles. The van der Waals surface area contributed by atoms with Gasteiger partial charge in [0.05, 0.1) is 11.8 Å². The van der Waals surface area contributed by atoms with Crippen LogP contribution in [0.4, 0.5) is 10.5 Å². The first-order valence-electron chi connectivity index (χ1n) is 5.94. The van der Waals surface area contributed by atoms with Gasteiger partial charge in [0.15, 0.2) is 0 Å². The highest BCUT2D eigenvalue weighted by Crippen LogP contribution is 2.27. The minimum atomic E-state index is -0.846. The van der Waals surface area contributed by atoms with E-state index in [0.717, 1.165) is 0 Å². The van der Waals surface area contributed by atoms with Gasteiger partial charge < -0.3 is 20.7 Å². The number of aliphatic hydroxyl groups is 1. The highest BCUT2D eigenvalue weighted by molar-refractivity contribution is 5.86. The zero-order valence-electron chi connectivity index (χ0n) is 11.3. The third kappa shape index (κ3) is 4.76. The third-order valence-corrected chi connectivity index (χ3v) is 2.27. The van der Waals surface area contributed by atoms with Crippen LogP contribution in [0.3, 0.4) is 0 Å². The summed E-state index contributed by atoms with van der Waals surface area (Å²) in [6.07, 6.45) is -1.50. The van der Waals surface area contributed by atoms with Crippen LogP contribution >= 0.6 is 0 Å². The normalized spacial score (nSPS) is 12.9. The summed E-state index contributed by atoms with van der Waals surface area (Å²) in [7, 11) is 0. The molecule has 0 bridgehead atoms. The number of aliphatic hydroxyl groups excluding tert-OH is 1. The summed E-state index contributed by atoms with van der Waals surface area (Å²) in [5, 5.41) is 21.7. The molecule has 0 aromatic heterocycles. The van der Waals surface area contributed by atoms with E-state index >= 15 is 0 Å². The first-order chi connectivity index (χ1) is 8.73. The number of phenolic OH excluding ortho intramolecular Hbond substituents is 1. The van der Waals surface area contributed by atoms with Crippen molar-refractivity contribution < 1.29 is 19.7 Å². The molecule has 6 nitrogen and oxygen atoms in total. The lowest BCUT2D eigenvalue weighted by Gasteiger charge is -2.20. The molecule has 5 N–H and O–H groups in total. The lowest BCUT2D eigenvalue weighted by molar-refractivity contribution is 0.0635. The lowest BCUT2D eigenvalue weighted by atomic mass is 10.1. The van der Waals surface area contributed by atoms with E-state index in [1.807, 2.05) is 0 Å². The topological polar surface area (TPSA) is 105 Å². The molecule has 0 aliphatic carbocycles. The average molecular weight is 268 g/mol. The van der Waals surface area contributed by atoms with E-state index in [0.29, 0.717) is 5.56 Å². The number of phenols is 1. The summed E-state index contributed by atoms with van der Waals surface area (Å²) in [5.41, 5.74) is 5.40. The number of ether oxygens (including phenoxy) is 1. The van der Waals surface area contributed by atoms with Crippen molar-refractivity contribution in [3.8, 4) is 5.75 Å². The van der Waals surface area contributed by atoms with Crippen molar-refractivity contribution in [1.82, 2.24) is 0 Å². The summed E-state index contributed by atoms with van der Waals surface area (Å²) in [6.45, 7) is 5.28. The van der Waals surface area contributed by atoms with Crippen LogP contribution < -0.4 is 11.1 Å². The zero-order valence-corrected chi connectivity index (χ0v) is 11.3. The fourth-order valence-electron chi connectivity index (χ4n) is 1.41. The Morgan fingerprint density at radius 3 is 2.58 bits per heavy atom. The standard InChI is InChI=1S/C13H20N2O4/c1-13(2,3)19-12(18)15-9-5-4-8(6-10(9)16)11(17)7-14/h4-6,11,16-17H,7,14H2,1-3H3,(H,15,18)/t11-/m0/s1. The maximum Gasteiger partial charge on any atom is 0.412 e. The molecule has 0 saturated heterocycles. The van der Waals surface area contributed by atoms with Crippen LogP contribution in [0, 0.1) is 0 Å². The Labute approximate surface area is 112 Å². The summed E-state index contributed by atoms with van der Waals surface area (Å²) >= 11 is 0. The molecule has 6 heteroatoms. The zero-order chi connectivity index (χ0) is 14.6. The molecule has 1 aromatic rings. The van der Waals surface area contributed by atoms with E-state index in [4.69, 9.17) is 10.5 Å². The molecule has 0 aliphatic rings. The van der Waals surface area contributed by atoms with Crippen molar-refractivity contribution in [2.45, 2.75) is 32.5 Å². The fraction of sp³-hybridized carbons (Fsp3) is 0.462. The van der Waals surface area contributed by atoms with Gasteiger partial charge in [0.2, 0.25) is 0 Å². The number of rotatable bonds is 3. The Balaban J connectivity index is 2.78. The fourth-order valence-corrected chi connectivity index (χ4v) is 1.41. The number of hydrogen-bond donors (Lipinski definition) is 4. The molecule has 106 valence electrons. The van der Waals surface area contributed by atoms with Crippen molar-refractivity contribution in [3.63, 3.8) is 0 Å². The first kappa shape index (κ1) is 15.3. The number of benzene rings is 1. The second-order valence-electron chi connectivity index (χ2n) is 5.15. The highest BCUT2D eigenvalue weighted by Gasteiger charge is 2.17. The number of anilines is 1. The van der Waals surface area contributed by atoms with E-state index in [2.05, 4.69) is 5.32 Å². The van der Waals surface area contributed by atoms with E-state index in [1.165, 1.54) is 12.1 Å². The molecule has 0 radical (unpaired) electrons. The summed E-state index contributed by atoms with van der Waals surface area (Å²) < 4.78 is 5.06. The average Bonchev–Trinajstić information content (AvgIpc) is 2.28. The summed E-state index contributed by atoms with van der Waals surface area (Å²) in [4.78, 5) is 11.5. The molecule has 1 atom stereocenters. The largest absolute Gasteiger partial charge is 0.506 e. The van der Waals surface area contributed by atoms with Gasteiger partial charge in [-0.25, -0.2) is 4.79 Å². The molecular formula is C13H20N2O4. The Hall–Kier alpha value is -1.79. The van der Waals surface area contributed by atoms with E-state index in [-0.39, 0.29) is 18.0 Å². The van der Waals surface area contributed by atoms with Crippen LogP contribution in [-0.4, -0.2) is 28.5 Å². The molecule has 0 spiro atoms. The molecular weight excluding hydrogens is 248 g/mol. The first-order valence-corrected chi connectivity index (χ1v) is 5.94. The lowest BCUT2D eigenvalue weighted by Crippen LogP contribution is -2.27. The number of carbonyl (C=O) groups excluding carboxylic acids is 1. The SMILES string of the molecule is CC(C)(C)OC(=O)Nc1ccc([C@@H](O)CN)cc1O. The molecule has 0 saturated carbocycles. The van der Waals surface area contributed by atoms with Crippen LogP contribution in [0.25, 0.3) is 0 Å². The third-order valence-electron chi connectivity index (χ3n) is 2.27.